The molecule has 1 rings (SSSR count). The Morgan fingerprint density at radius 3 is 2.18 bits per heavy atom. The Hall–Kier alpha value is -0.523. The summed E-state index contributed by atoms with van der Waals surface area (Å²) in [5, 5.41) is 0. The fourth-order valence-electron chi connectivity index (χ4n) is 1.74. The minimum absolute atomic E-state index is 0.0925. The highest BCUT2D eigenvalue weighted by Gasteiger charge is 2.54. The summed E-state index contributed by atoms with van der Waals surface area (Å²) < 4.78 is 41.6. The summed E-state index contributed by atoms with van der Waals surface area (Å²) in [6.45, 7) is 9.33. The number of halogens is 3. The third kappa shape index (κ3) is 3.03. The lowest BCUT2D eigenvalue weighted by molar-refractivity contribution is -0.510. The summed E-state index contributed by atoms with van der Waals surface area (Å²) in [6, 6.07) is -1.37. The standard InChI is InChI=1S/C11H20F3N2Si/c1-6-7-9-15(8(2)11(12,13)14)17-16(9)10(3,4)5/h8H,6-7H2,1-5H3/q+1. The van der Waals surface area contributed by atoms with Gasteiger partial charge in [0.15, 0.2) is 6.04 Å². The van der Waals surface area contributed by atoms with Gasteiger partial charge in [-0.15, -0.1) is 0 Å². The van der Waals surface area contributed by atoms with Crippen molar-refractivity contribution < 1.29 is 17.4 Å². The zero-order valence-corrected chi connectivity index (χ0v) is 12.0. The summed E-state index contributed by atoms with van der Waals surface area (Å²) in [5.74, 6) is 0.836. The molecule has 1 atom stereocenters. The Morgan fingerprint density at radius 1 is 1.29 bits per heavy atom. The molecule has 1 aliphatic heterocycles. The van der Waals surface area contributed by atoms with Crippen LogP contribution < -0.4 is 0 Å². The van der Waals surface area contributed by atoms with Gasteiger partial charge in [0.1, 0.15) is 0 Å². The molecule has 1 unspecified atom stereocenters. The molecule has 0 spiro atoms. The lowest BCUT2D eigenvalue weighted by Crippen LogP contribution is -2.66. The second-order valence-electron chi connectivity index (χ2n) is 5.36. The van der Waals surface area contributed by atoms with Crippen molar-refractivity contribution in [2.75, 3.05) is 0 Å². The van der Waals surface area contributed by atoms with Crippen LogP contribution in [0.1, 0.15) is 47.5 Å². The normalized spacial score (nSPS) is 19.4. The molecule has 0 aliphatic carbocycles. The van der Waals surface area contributed by atoms with Crippen molar-refractivity contribution in [3.05, 3.63) is 0 Å². The maximum Gasteiger partial charge on any atom is 0.645 e. The van der Waals surface area contributed by atoms with E-state index in [-0.39, 0.29) is 15.4 Å². The monoisotopic (exact) mass is 265 g/mol. The minimum atomic E-state index is -4.14. The lowest BCUT2D eigenvalue weighted by atomic mass is 10.1. The van der Waals surface area contributed by atoms with Crippen LogP contribution in [0.4, 0.5) is 13.2 Å². The van der Waals surface area contributed by atoms with Gasteiger partial charge in [0.05, 0.1) is 5.54 Å². The third-order valence-corrected chi connectivity index (χ3v) is 4.74. The van der Waals surface area contributed by atoms with E-state index in [1.165, 1.54) is 11.2 Å². The van der Waals surface area contributed by atoms with E-state index in [1.54, 1.807) is 0 Å². The molecule has 1 aliphatic rings. The number of nitrogens with zero attached hydrogens (tertiary/aromatic N) is 2. The van der Waals surface area contributed by atoms with Gasteiger partial charge in [-0.2, -0.15) is 13.2 Å². The predicted molar refractivity (Wildman–Crippen MR) is 63.0 cm³/mol. The molecule has 6 heteroatoms. The highest BCUT2D eigenvalue weighted by atomic mass is 28.2. The van der Waals surface area contributed by atoms with Crippen LogP contribution in [0, 0.1) is 0 Å². The molecule has 0 bridgehead atoms. The molecule has 0 amide bonds. The molecule has 0 aromatic rings. The van der Waals surface area contributed by atoms with E-state index in [4.69, 9.17) is 0 Å². The van der Waals surface area contributed by atoms with E-state index in [0.717, 1.165) is 12.3 Å². The van der Waals surface area contributed by atoms with Gasteiger partial charge in [-0.05, 0) is 34.1 Å². The van der Waals surface area contributed by atoms with E-state index in [9.17, 15) is 13.2 Å². The Balaban J connectivity index is 2.95. The minimum Gasteiger partial charge on any atom is -0.269 e. The lowest BCUT2D eigenvalue weighted by Gasteiger charge is -2.39. The first-order chi connectivity index (χ1) is 7.59. The maximum absolute atomic E-state index is 12.7. The van der Waals surface area contributed by atoms with E-state index in [2.05, 4.69) is 4.57 Å². The molecule has 17 heavy (non-hydrogen) atoms. The van der Waals surface area contributed by atoms with Crippen LogP contribution in [0.2, 0.25) is 0 Å². The van der Waals surface area contributed by atoms with Crippen LogP contribution in [-0.4, -0.2) is 42.2 Å². The van der Waals surface area contributed by atoms with E-state index < -0.39 is 12.2 Å². The summed E-state index contributed by atoms with van der Waals surface area (Å²) in [6.07, 6.45) is -2.56. The number of amidine groups is 1. The summed E-state index contributed by atoms with van der Waals surface area (Å²) >= 11 is 0. The van der Waals surface area contributed by atoms with E-state index in [0.29, 0.717) is 6.42 Å². The molecular weight excluding hydrogens is 245 g/mol. The zero-order chi connectivity index (χ0) is 13.4. The topological polar surface area (TPSA) is 6.25 Å². The fourth-order valence-corrected chi connectivity index (χ4v) is 3.09. The number of hydrogen-bond donors (Lipinski definition) is 0. The summed E-state index contributed by atoms with van der Waals surface area (Å²) in [4.78, 5) is 0. The number of hydrogen-bond acceptors (Lipinski definition) is 1. The van der Waals surface area contributed by atoms with Gasteiger partial charge in [0.2, 0.25) is 5.84 Å². The molecule has 0 saturated heterocycles. The van der Waals surface area contributed by atoms with Crippen molar-refractivity contribution in [1.82, 2.24) is 4.57 Å². The maximum atomic E-state index is 12.7. The van der Waals surface area contributed by atoms with Crippen LogP contribution in [-0.2, 0) is 0 Å². The molecule has 1 heterocycles. The molecule has 0 aromatic heterocycles. The smallest absolute Gasteiger partial charge is 0.269 e. The van der Waals surface area contributed by atoms with Gasteiger partial charge in [0.25, 0.3) is 0 Å². The van der Waals surface area contributed by atoms with Crippen LogP contribution in [0.3, 0.4) is 0 Å². The van der Waals surface area contributed by atoms with Gasteiger partial charge in [0, 0.05) is 6.42 Å². The Kier molecular flexibility index (Phi) is 3.96. The molecule has 98 valence electrons. The summed E-state index contributed by atoms with van der Waals surface area (Å²) in [5.41, 5.74) is -0.0925. The van der Waals surface area contributed by atoms with Crippen LogP contribution in [0.25, 0.3) is 0 Å². The first-order valence-corrected chi connectivity index (χ1v) is 6.76. The highest BCUT2D eigenvalue weighted by Crippen LogP contribution is 2.28. The number of rotatable bonds is 3. The Labute approximate surface area is 103 Å². The predicted octanol–water partition coefficient (Wildman–Crippen LogP) is 2.80. The first-order valence-electron chi connectivity index (χ1n) is 5.87. The largest absolute Gasteiger partial charge is 0.645 e. The van der Waals surface area contributed by atoms with Crippen LogP contribution in [0.15, 0.2) is 0 Å². The van der Waals surface area contributed by atoms with Gasteiger partial charge in [-0.3, -0.25) is 8.81 Å². The highest BCUT2D eigenvalue weighted by molar-refractivity contribution is 6.35. The van der Waals surface area contributed by atoms with Crippen molar-refractivity contribution >= 4 is 15.7 Å². The quantitative estimate of drug-likeness (QED) is 0.711. The fraction of sp³-hybridized carbons (Fsp3) is 0.909. The van der Waals surface area contributed by atoms with Crippen LogP contribution in [0.5, 0.6) is 0 Å². The third-order valence-electron chi connectivity index (χ3n) is 2.75. The molecule has 0 saturated carbocycles. The zero-order valence-electron chi connectivity index (χ0n) is 11.0. The Morgan fingerprint density at radius 2 is 1.82 bits per heavy atom. The molecular formula is C11H20F3N2Si+. The van der Waals surface area contributed by atoms with Crippen LogP contribution >= 0.6 is 0 Å². The SMILES string of the molecule is CCCC1=[N+](C(C)C(F)(F)F)[Si]N1C(C)(C)C. The van der Waals surface area contributed by atoms with Gasteiger partial charge < -0.3 is 0 Å². The average molecular weight is 265 g/mol. The average Bonchev–Trinajstić information content (AvgIpc) is 2.08. The molecule has 0 fully saturated rings. The Bertz CT molecular complexity index is 318. The second kappa shape index (κ2) is 4.63. The first kappa shape index (κ1) is 14.5. The molecule has 0 aromatic carbocycles. The molecule has 2 radical (unpaired) electrons. The summed E-state index contributed by atoms with van der Waals surface area (Å²) in [7, 11) is 0.108. The second-order valence-corrected chi connectivity index (χ2v) is 6.49. The number of alkyl halides is 3. The van der Waals surface area contributed by atoms with Gasteiger partial charge >= 0.3 is 16.0 Å². The molecule has 0 N–H and O–H groups in total. The van der Waals surface area contributed by atoms with Gasteiger partial charge in [-0.25, -0.2) is 0 Å². The van der Waals surface area contributed by atoms with Crippen molar-refractivity contribution in [1.29, 1.82) is 0 Å². The van der Waals surface area contributed by atoms with Crippen molar-refractivity contribution in [2.24, 2.45) is 0 Å². The van der Waals surface area contributed by atoms with E-state index >= 15 is 0 Å². The van der Waals surface area contributed by atoms with Crippen molar-refractivity contribution in [3.8, 4) is 0 Å². The van der Waals surface area contributed by atoms with Crippen molar-refractivity contribution in [3.63, 3.8) is 0 Å². The van der Waals surface area contributed by atoms with E-state index in [1.807, 2.05) is 27.7 Å². The van der Waals surface area contributed by atoms with Gasteiger partial charge in [-0.1, -0.05) is 6.92 Å². The molecule has 2 nitrogen and oxygen atoms in total. The van der Waals surface area contributed by atoms with Crippen molar-refractivity contribution in [2.45, 2.75) is 65.2 Å².